The highest BCUT2D eigenvalue weighted by molar-refractivity contribution is 7.09. The summed E-state index contributed by atoms with van der Waals surface area (Å²) in [4.78, 5) is 24.6. The number of fused-ring (bicyclic) bond motifs is 1. The van der Waals surface area contributed by atoms with Gasteiger partial charge in [0.2, 0.25) is 0 Å². The van der Waals surface area contributed by atoms with Crippen molar-refractivity contribution in [3.05, 3.63) is 66.6 Å². The average molecular weight is 462 g/mol. The number of benzene rings is 1. The van der Waals surface area contributed by atoms with Gasteiger partial charge in [-0.15, -0.1) is 11.3 Å². The fourth-order valence-corrected chi connectivity index (χ4v) is 6.42. The van der Waals surface area contributed by atoms with Gasteiger partial charge >= 0.3 is 0 Å². The molecule has 9 heteroatoms. The predicted molar refractivity (Wildman–Crippen MR) is 121 cm³/mol. The third-order valence-electron chi connectivity index (χ3n) is 6.46. The number of rotatable bonds is 4. The van der Waals surface area contributed by atoms with E-state index in [0.29, 0.717) is 45.8 Å². The molecule has 1 unspecified atom stereocenters. The Morgan fingerprint density at radius 1 is 1.23 bits per heavy atom. The molecule has 2 aromatic heterocycles. The largest absolute Gasteiger partial charge is 0.356 e. The van der Waals surface area contributed by atoms with Crippen LogP contribution in [0.4, 0.5) is 5.82 Å². The highest BCUT2D eigenvalue weighted by Gasteiger charge is 2.69. The summed E-state index contributed by atoms with van der Waals surface area (Å²) in [6.45, 7) is 6.08. The summed E-state index contributed by atoms with van der Waals surface area (Å²) in [5, 5.41) is 3.98. The van der Waals surface area contributed by atoms with E-state index in [1.54, 1.807) is 35.6 Å². The van der Waals surface area contributed by atoms with Crippen molar-refractivity contribution in [2.24, 2.45) is 17.6 Å². The number of thiazole rings is 1. The van der Waals surface area contributed by atoms with E-state index in [1.807, 2.05) is 13.8 Å². The van der Waals surface area contributed by atoms with Gasteiger partial charge in [-0.1, -0.05) is 29.3 Å². The van der Waals surface area contributed by atoms with E-state index in [-0.39, 0.29) is 11.0 Å². The van der Waals surface area contributed by atoms with Crippen molar-refractivity contribution in [2.75, 3.05) is 24.5 Å². The molecule has 1 aromatic carbocycles. The SMILES string of the molecule is Cc1csc(C2(CN)[C@@H]3CN(c4cc(=O)n(-c5cccc(Cl)c5Cl)c(C)n4)C[C@@H]32)n1. The molecule has 1 saturated carbocycles. The van der Waals surface area contributed by atoms with E-state index < -0.39 is 0 Å². The fraction of sp³-hybridized carbons (Fsp3) is 0.381. The summed E-state index contributed by atoms with van der Waals surface area (Å²) >= 11 is 14.2. The van der Waals surface area contributed by atoms with Crippen LogP contribution in [0.25, 0.3) is 5.69 Å². The van der Waals surface area contributed by atoms with Gasteiger partial charge in [-0.2, -0.15) is 0 Å². The molecule has 2 aliphatic rings. The Balaban J connectivity index is 1.43. The van der Waals surface area contributed by atoms with E-state index in [9.17, 15) is 4.79 Å². The van der Waals surface area contributed by atoms with Crippen molar-refractivity contribution in [1.29, 1.82) is 0 Å². The van der Waals surface area contributed by atoms with Crippen LogP contribution in [0, 0.1) is 25.7 Å². The first-order chi connectivity index (χ1) is 14.4. The predicted octanol–water partition coefficient (Wildman–Crippen LogP) is 3.58. The molecule has 0 radical (unpaired) electrons. The molecule has 5 rings (SSSR count). The minimum Gasteiger partial charge on any atom is -0.356 e. The first-order valence-electron chi connectivity index (χ1n) is 9.79. The minimum atomic E-state index is -0.178. The van der Waals surface area contributed by atoms with Crippen LogP contribution in [-0.4, -0.2) is 34.2 Å². The van der Waals surface area contributed by atoms with Gasteiger partial charge in [0.25, 0.3) is 5.56 Å². The van der Waals surface area contributed by atoms with Gasteiger partial charge in [0, 0.05) is 42.2 Å². The number of anilines is 1. The maximum absolute atomic E-state index is 12.9. The molecule has 2 N–H and O–H groups in total. The quantitative estimate of drug-likeness (QED) is 0.642. The summed E-state index contributed by atoms with van der Waals surface area (Å²) in [7, 11) is 0. The molecule has 1 saturated heterocycles. The van der Waals surface area contributed by atoms with E-state index in [2.05, 4.69) is 10.3 Å². The van der Waals surface area contributed by atoms with Crippen LogP contribution in [-0.2, 0) is 5.41 Å². The van der Waals surface area contributed by atoms with E-state index in [1.165, 1.54) is 4.57 Å². The van der Waals surface area contributed by atoms with Crippen LogP contribution in [0.15, 0.2) is 34.4 Å². The number of aryl methyl sites for hydroxylation is 2. The minimum absolute atomic E-state index is 0.0201. The first kappa shape index (κ1) is 20.0. The van der Waals surface area contributed by atoms with Gasteiger partial charge in [0.15, 0.2) is 0 Å². The molecule has 3 heterocycles. The molecule has 6 nitrogen and oxygen atoms in total. The number of halogens is 2. The second-order valence-electron chi connectivity index (χ2n) is 8.06. The zero-order valence-corrected chi connectivity index (χ0v) is 18.9. The maximum Gasteiger partial charge on any atom is 0.260 e. The number of hydrogen-bond acceptors (Lipinski definition) is 6. The molecular formula is C21H21Cl2N5OS. The van der Waals surface area contributed by atoms with Crippen LogP contribution in [0.5, 0.6) is 0 Å². The Hall–Kier alpha value is -1.93. The van der Waals surface area contributed by atoms with Gasteiger partial charge in [-0.25, -0.2) is 9.97 Å². The van der Waals surface area contributed by atoms with Crippen LogP contribution >= 0.6 is 34.5 Å². The number of piperidine rings is 1. The van der Waals surface area contributed by atoms with Crippen molar-refractivity contribution in [3.8, 4) is 5.69 Å². The van der Waals surface area contributed by atoms with Gasteiger partial charge < -0.3 is 10.6 Å². The van der Waals surface area contributed by atoms with Crippen molar-refractivity contribution in [3.63, 3.8) is 0 Å². The maximum atomic E-state index is 12.9. The van der Waals surface area contributed by atoms with E-state index in [0.717, 1.165) is 23.8 Å². The monoisotopic (exact) mass is 461 g/mol. The van der Waals surface area contributed by atoms with Crippen molar-refractivity contribution in [1.82, 2.24) is 14.5 Å². The summed E-state index contributed by atoms with van der Waals surface area (Å²) in [6.07, 6.45) is 0. The lowest BCUT2D eigenvalue weighted by molar-refractivity contribution is 0.548. The Kier molecular flexibility index (Phi) is 4.70. The second-order valence-corrected chi connectivity index (χ2v) is 9.71. The fourth-order valence-electron chi connectivity index (χ4n) is 4.90. The summed E-state index contributed by atoms with van der Waals surface area (Å²) < 4.78 is 1.50. The molecule has 3 atom stereocenters. The zero-order chi connectivity index (χ0) is 21.2. The molecule has 0 amide bonds. The lowest BCUT2D eigenvalue weighted by Gasteiger charge is -2.26. The molecule has 30 heavy (non-hydrogen) atoms. The standard InChI is InChI=1S/C21H21Cl2N5OS/c1-11-9-30-20(25-11)21(10-24)13-7-27(8-14(13)21)17-6-18(29)28(12(2)26-17)16-5-3-4-15(22)19(16)23/h3-6,9,13-14H,7-8,10,24H2,1-2H3/t13-,14+,21?. The Morgan fingerprint density at radius 2 is 1.97 bits per heavy atom. The Morgan fingerprint density at radius 3 is 2.57 bits per heavy atom. The van der Waals surface area contributed by atoms with E-state index >= 15 is 0 Å². The molecule has 1 aliphatic carbocycles. The van der Waals surface area contributed by atoms with Crippen molar-refractivity contribution >= 4 is 40.4 Å². The third kappa shape index (κ3) is 2.83. The van der Waals surface area contributed by atoms with Gasteiger partial charge in [0.1, 0.15) is 16.6 Å². The van der Waals surface area contributed by atoms with E-state index in [4.69, 9.17) is 38.9 Å². The molecule has 1 aliphatic heterocycles. The lowest BCUT2D eigenvalue weighted by Crippen LogP contribution is -2.36. The molecule has 0 bridgehead atoms. The number of aromatic nitrogens is 3. The van der Waals surface area contributed by atoms with Crippen molar-refractivity contribution in [2.45, 2.75) is 19.3 Å². The number of nitrogens with two attached hydrogens (primary N) is 1. The van der Waals surface area contributed by atoms with Gasteiger partial charge in [-0.05, 0) is 37.8 Å². The van der Waals surface area contributed by atoms with Crippen molar-refractivity contribution < 1.29 is 0 Å². The Bertz CT molecular complexity index is 1190. The summed E-state index contributed by atoms with van der Waals surface area (Å²) in [5.74, 6) is 2.16. The smallest absolute Gasteiger partial charge is 0.260 e. The average Bonchev–Trinajstić information content (AvgIpc) is 3.06. The normalized spacial score (nSPS) is 24.9. The molecule has 0 spiro atoms. The highest BCUT2D eigenvalue weighted by atomic mass is 35.5. The third-order valence-corrected chi connectivity index (χ3v) is 8.42. The van der Waals surface area contributed by atoms with Gasteiger partial charge in [-0.3, -0.25) is 9.36 Å². The molecular weight excluding hydrogens is 441 g/mol. The lowest BCUT2D eigenvalue weighted by atomic mass is 10.0. The topological polar surface area (TPSA) is 77.0 Å². The molecule has 3 aromatic rings. The summed E-state index contributed by atoms with van der Waals surface area (Å²) in [6, 6.07) is 6.80. The van der Waals surface area contributed by atoms with Crippen LogP contribution in [0.3, 0.4) is 0 Å². The Labute approximate surface area is 188 Å². The zero-order valence-electron chi connectivity index (χ0n) is 16.6. The number of nitrogens with zero attached hydrogens (tertiary/aromatic N) is 4. The summed E-state index contributed by atoms with van der Waals surface area (Å²) in [5.41, 5.74) is 7.59. The molecule has 2 fully saturated rings. The van der Waals surface area contributed by atoms with Gasteiger partial charge in [0.05, 0.1) is 15.7 Å². The first-order valence-corrected chi connectivity index (χ1v) is 11.4. The number of hydrogen-bond donors (Lipinski definition) is 1. The molecule has 156 valence electrons. The second kappa shape index (κ2) is 7.05. The van der Waals surface area contributed by atoms with Crippen LogP contribution in [0.1, 0.15) is 16.5 Å². The highest BCUT2D eigenvalue weighted by Crippen LogP contribution is 2.63. The van der Waals surface area contributed by atoms with Crippen LogP contribution in [0.2, 0.25) is 10.0 Å². The van der Waals surface area contributed by atoms with Crippen LogP contribution < -0.4 is 16.2 Å².